The summed E-state index contributed by atoms with van der Waals surface area (Å²) in [5, 5.41) is 2.69. The minimum atomic E-state index is -0.817. The second-order valence-corrected chi connectivity index (χ2v) is 7.42. The van der Waals surface area contributed by atoms with E-state index in [1.54, 1.807) is 0 Å². The summed E-state index contributed by atoms with van der Waals surface area (Å²) >= 11 is 0. The first kappa shape index (κ1) is 22.5. The van der Waals surface area contributed by atoms with E-state index in [1.165, 1.54) is 6.42 Å². The van der Waals surface area contributed by atoms with Crippen LogP contribution in [0, 0.1) is 17.8 Å². The highest BCUT2D eigenvalue weighted by Crippen LogP contribution is 2.36. The number of carbonyl (C=O) groups excluding carboxylic acids is 2. The van der Waals surface area contributed by atoms with Gasteiger partial charge in [-0.1, -0.05) is 57.5 Å². The molecule has 4 atom stereocenters. The monoisotopic (exact) mass is 382 g/mol. The molecule has 0 unspecified atom stereocenters. The van der Waals surface area contributed by atoms with Crippen LogP contribution < -0.4 is 11.1 Å². The number of hydrogen-bond acceptors (Lipinski definition) is 4. The van der Waals surface area contributed by atoms with Crippen molar-refractivity contribution in [2.24, 2.45) is 23.5 Å². The predicted octanol–water partition coefficient (Wildman–Crippen LogP) is 3.23. The molecule has 0 spiro atoms. The summed E-state index contributed by atoms with van der Waals surface area (Å²) in [6, 6.07) is 8.35. The molecular weight excluding hydrogens is 352 g/mol. The van der Waals surface area contributed by atoms with Gasteiger partial charge in [-0.05, 0) is 36.2 Å². The minimum absolute atomic E-state index is 0. The van der Waals surface area contributed by atoms with Gasteiger partial charge in [-0.25, -0.2) is 4.79 Å². The lowest BCUT2D eigenvalue weighted by Gasteiger charge is -2.37. The van der Waals surface area contributed by atoms with Crippen molar-refractivity contribution >= 4 is 24.3 Å². The summed E-state index contributed by atoms with van der Waals surface area (Å²) in [4.78, 5) is 24.6. The number of halogens is 1. The largest absolute Gasteiger partial charge is 0.460 e. The van der Waals surface area contributed by atoms with Crippen molar-refractivity contribution in [2.75, 3.05) is 6.54 Å². The molecule has 0 aromatic heterocycles. The van der Waals surface area contributed by atoms with Gasteiger partial charge >= 0.3 is 5.97 Å². The number of carbonyl (C=O) groups is 2. The Balaban J connectivity index is 0.00000338. The Morgan fingerprint density at radius 1 is 1.23 bits per heavy atom. The van der Waals surface area contributed by atoms with Crippen LogP contribution in [0.15, 0.2) is 30.3 Å². The summed E-state index contributed by atoms with van der Waals surface area (Å²) < 4.78 is 5.90. The van der Waals surface area contributed by atoms with Crippen LogP contribution >= 0.6 is 12.4 Å². The number of nitrogens with two attached hydrogens (primary N) is 1. The van der Waals surface area contributed by atoms with Gasteiger partial charge in [0.25, 0.3) is 0 Å². The third-order valence-corrected chi connectivity index (χ3v) is 5.09. The average Bonchev–Trinajstić information content (AvgIpc) is 2.59. The zero-order valence-corrected chi connectivity index (χ0v) is 16.6. The SMILES string of the molecule is CC(C)[C@@H]1CC[C@@H](C)C[C@H]1OC(=O)[C@@H](NC(=O)CN)c1ccccc1.Cl. The molecule has 0 bridgehead atoms. The molecule has 1 saturated carbocycles. The van der Waals surface area contributed by atoms with Gasteiger partial charge in [0.05, 0.1) is 6.54 Å². The van der Waals surface area contributed by atoms with Crippen LogP contribution in [0.1, 0.15) is 51.6 Å². The lowest BCUT2D eigenvalue weighted by molar-refractivity contribution is -0.159. The van der Waals surface area contributed by atoms with E-state index in [-0.39, 0.29) is 31.0 Å². The van der Waals surface area contributed by atoms with E-state index in [2.05, 4.69) is 26.1 Å². The average molecular weight is 383 g/mol. The van der Waals surface area contributed by atoms with Gasteiger partial charge < -0.3 is 15.8 Å². The second-order valence-electron chi connectivity index (χ2n) is 7.42. The number of rotatable bonds is 6. The Morgan fingerprint density at radius 2 is 1.88 bits per heavy atom. The zero-order chi connectivity index (χ0) is 18.4. The zero-order valence-electron chi connectivity index (χ0n) is 15.8. The maximum Gasteiger partial charge on any atom is 0.333 e. The van der Waals surface area contributed by atoms with Gasteiger partial charge in [0, 0.05) is 0 Å². The molecule has 1 amide bonds. The molecule has 1 aliphatic carbocycles. The van der Waals surface area contributed by atoms with Crippen molar-refractivity contribution < 1.29 is 14.3 Å². The van der Waals surface area contributed by atoms with Gasteiger partial charge in [-0.2, -0.15) is 0 Å². The molecule has 1 fully saturated rings. The molecule has 0 radical (unpaired) electrons. The van der Waals surface area contributed by atoms with Crippen LogP contribution in [0.3, 0.4) is 0 Å². The van der Waals surface area contributed by atoms with Crippen molar-refractivity contribution in [1.29, 1.82) is 0 Å². The standard InChI is InChI=1S/C20H30N2O3.ClH/c1-13(2)16-10-9-14(3)11-17(16)25-20(24)19(22-18(23)12-21)15-7-5-4-6-8-15;/h4-8,13-14,16-17,19H,9-12,21H2,1-3H3,(H,22,23);1H/t14-,16+,17-,19+;/m1./s1. The molecule has 1 aromatic carbocycles. The molecule has 146 valence electrons. The Bertz CT molecular complexity index is 580. The Hall–Kier alpha value is -1.59. The van der Waals surface area contributed by atoms with E-state index >= 15 is 0 Å². The van der Waals surface area contributed by atoms with E-state index in [1.807, 2.05) is 30.3 Å². The lowest BCUT2D eigenvalue weighted by Crippen LogP contribution is -2.42. The first-order valence-electron chi connectivity index (χ1n) is 9.17. The lowest BCUT2D eigenvalue weighted by atomic mass is 9.75. The Labute approximate surface area is 162 Å². The molecule has 5 nitrogen and oxygen atoms in total. The van der Waals surface area contributed by atoms with Crippen LogP contribution in [-0.2, 0) is 14.3 Å². The van der Waals surface area contributed by atoms with E-state index in [9.17, 15) is 9.59 Å². The van der Waals surface area contributed by atoms with Crippen LogP contribution in [0.4, 0.5) is 0 Å². The molecule has 6 heteroatoms. The van der Waals surface area contributed by atoms with Crippen molar-refractivity contribution in [3.8, 4) is 0 Å². The summed E-state index contributed by atoms with van der Waals surface area (Å²) in [5.41, 5.74) is 6.11. The third kappa shape index (κ3) is 5.99. The third-order valence-electron chi connectivity index (χ3n) is 5.09. The number of ether oxygens (including phenoxy) is 1. The fourth-order valence-electron chi connectivity index (χ4n) is 3.61. The number of amides is 1. The van der Waals surface area contributed by atoms with Gasteiger partial charge in [-0.3, -0.25) is 4.79 Å². The first-order chi connectivity index (χ1) is 11.9. The van der Waals surface area contributed by atoms with E-state index in [4.69, 9.17) is 10.5 Å². The molecule has 26 heavy (non-hydrogen) atoms. The Kier molecular flexibility index (Phi) is 9.09. The molecule has 1 aromatic rings. The van der Waals surface area contributed by atoms with Crippen LogP contribution in [-0.4, -0.2) is 24.5 Å². The van der Waals surface area contributed by atoms with E-state index < -0.39 is 12.0 Å². The number of nitrogens with one attached hydrogen (secondary N) is 1. The molecular formula is C20H31ClN2O3. The quantitative estimate of drug-likeness (QED) is 0.740. The molecule has 1 aliphatic rings. The van der Waals surface area contributed by atoms with Crippen LogP contribution in [0.2, 0.25) is 0 Å². The normalized spacial score (nSPS) is 23.7. The molecule has 3 N–H and O–H groups in total. The van der Waals surface area contributed by atoms with Crippen molar-refractivity contribution in [2.45, 2.75) is 52.2 Å². The number of esters is 1. The van der Waals surface area contributed by atoms with Crippen LogP contribution in [0.5, 0.6) is 0 Å². The van der Waals surface area contributed by atoms with Crippen LogP contribution in [0.25, 0.3) is 0 Å². The summed E-state index contributed by atoms with van der Waals surface area (Å²) in [6.45, 7) is 6.38. The maximum absolute atomic E-state index is 12.9. The Morgan fingerprint density at radius 3 is 2.46 bits per heavy atom. The van der Waals surface area contributed by atoms with Gasteiger partial charge in [0.15, 0.2) is 6.04 Å². The van der Waals surface area contributed by atoms with E-state index in [0.717, 1.165) is 12.8 Å². The van der Waals surface area contributed by atoms with E-state index in [0.29, 0.717) is 23.3 Å². The predicted molar refractivity (Wildman–Crippen MR) is 105 cm³/mol. The minimum Gasteiger partial charge on any atom is -0.460 e. The highest BCUT2D eigenvalue weighted by molar-refractivity contribution is 5.86. The second kappa shape index (κ2) is 10.5. The maximum atomic E-state index is 12.9. The van der Waals surface area contributed by atoms with Crippen molar-refractivity contribution in [3.05, 3.63) is 35.9 Å². The summed E-state index contributed by atoms with van der Waals surface area (Å²) in [6.07, 6.45) is 3.02. The molecule has 2 rings (SSSR count). The van der Waals surface area contributed by atoms with Gasteiger partial charge in [-0.15, -0.1) is 12.4 Å². The van der Waals surface area contributed by atoms with Gasteiger partial charge in [0.1, 0.15) is 6.10 Å². The fraction of sp³-hybridized carbons (Fsp3) is 0.600. The molecule has 0 aliphatic heterocycles. The van der Waals surface area contributed by atoms with Crippen molar-refractivity contribution in [1.82, 2.24) is 5.32 Å². The van der Waals surface area contributed by atoms with Gasteiger partial charge in [0.2, 0.25) is 5.91 Å². The fourth-order valence-corrected chi connectivity index (χ4v) is 3.61. The summed E-state index contributed by atoms with van der Waals surface area (Å²) in [5.74, 6) is 0.587. The smallest absolute Gasteiger partial charge is 0.333 e. The number of benzene rings is 1. The number of hydrogen-bond donors (Lipinski definition) is 2. The summed E-state index contributed by atoms with van der Waals surface area (Å²) in [7, 11) is 0. The molecule has 0 saturated heterocycles. The topological polar surface area (TPSA) is 81.4 Å². The molecule has 0 heterocycles. The van der Waals surface area contributed by atoms with Crippen molar-refractivity contribution in [3.63, 3.8) is 0 Å². The first-order valence-corrected chi connectivity index (χ1v) is 9.17. The highest BCUT2D eigenvalue weighted by atomic mass is 35.5. The highest BCUT2D eigenvalue weighted by Gasteiger charge is 2.35.